The van der Waals surface area contributed by atoms with Crippen molar-refractivity contribution in [3.05, 3.63) is 35.9 Å². The Morgan fingerprint density at radius 1 is 0.914 bits per heavy atom. The van der Waals surface area contributed by atoms with Crippen LogP contribution in [0, 0.1) is 11.8 Å². The Kier molecular flexibility index (Phi) is 15.0. The van der Waals surface area contributed by atoms with Gasteiger partial charge in [-0.1, -0.05) is 89.1 Å². The number of benzene rings is 1. The summed E-state index contributed by atoms with van der Waals surface area (Å²) in [5.74, 6) is 5.86. The Bertz CT molecular complexity index is 733. The first-order valence-corrected chi connectivity index (χ1v) is 16.2. The van der Waals surface area contributed by atoms with E-state index in [1.54, 1.807) is 0 Å². The lowest BCUT2D eigenvalue weighted by molar-refractivity contribution is -0.0693. The molecule has 0 aliphatic carbocycles. The van der Waals surface area contributed by atoms with Gasteiger partial charge in [0.05, 0.1) is 25.4 Å². The molecule has 1 aromatic carbocycles. The molecule has 4 atom stereocenters. The molecule has 0 fully saturated rings. The Morgan fingerprint density at radius 3 is 2.11 bits per heavy atom. The van der Waals surface area contributed by atoms with Crippen molar-refractivity contribution in [2.45, 2.75) is 128 Å². The standard InChI is InChI=1S/C29H50O5Si/c1-24(30)18-14-11-9-7-8-10-12-17-21-26(31)28(32)27(34-35(5,6)29(2,3)4)23-33-22-25-19-15-13-16-20-25/h13,15-16,19-20,24,26-28,30-32H,7-12,14,18,22-23H2,1-6H3/t24-,26+,27+,28-/m0/s1. The maximum absolute atomic E-state index is 10.9. The van der Waals surface area contributed by atoms with Gasteiger partial charge >= 0.3 is 0 Å². The number of rotatable bonds is 16. The molecule has 0 heterocycles. The molecule has 3 N–H and O–H groups in total. The summed E-state index contributed by atoms with van der Waals surface area (Å²) >= 11 is 0. The van der Waals surface area contributed by atoms with Gasteiger partial charge in [0.1, 0.15) is 12.2 Å². The van der Waals surface area contributed by atoms with E-state index in [9.17, 15) is 15.3 Å². The molecule has 0 radical (unpaired) electrons. The quantitative estimate of drug-likeness (QED) is 0.150. The van der Waals surface area contributed by atoms with E-state index in [1.165, 1.54) is 6.42 Å². The fourth-order valence-electron chi connectivity index (χ4n) is 3.45. The summed E-state index contributed by atoms with van der Waals surface area (Å²) in [5, 5.41) is 30.8. The third-order valence-electron chi connectivity index (χ3n) is 6.77. The van der Waals surface area contributed by atoms with Gasteiger partial charge in [0.25, 0.3) is 0 Å². The molecule has 0 spiro atoms. The van der Waals surface area contributed by atoms with Crippen LogP contribution in [0.3, 0.4) is 0 Å². The van der Waals surface area contributed by atoms with Crippen LogP contribution in [0.1, 0.15) is 84.6 Å². The number of unbranched alkanes of at least 4 members (excludes halogenated alkanes) is 6. The van der Waals surface area contributed by atoms with Crippen molar-refractivity contribution >= 4 is 8.32 Å². The predicted octanol–water partition coefficient (Wildman–Crippen LogP) is 5.82. The Labute approximate surface area is 215 Å². The summed E-state index contributed by atoms with van der Waals surface area (Å²) in [6.07, 6.45) is 5.08. The van der Waals surface area contributed by atoms with E-state index in [0.717, 1.165) is 44.1 Å². The number of hydrogen-bond donors (Lipinski definition) is 3. The van der Waals surface area contributed by atoms with Crippen molar-refractivity contribution in [1.29, 1.82) is 0 Å². The molecule has 35 heavy (non-hydrogen) atoms. The fourth-order valence-corrected chi connectivity index (χ4v) is 4.77. The third-order valence-corrected chi connectivity index (χ3v) is 11.3. The molecule has 0 amide bonds. The van der Waals surface area contributed by atoms with Gasteiger partial charge in [-0.2, -0.15) is 0 Å². The second-order valence-corrected chi connectivity index (χ2v) is 15.9. The van der Waals surface area contributed by atoms with Crippen molar-refractivity contribution in [2.75, 3.05) is 6.61 Å². The molecule has 0 saturated heterocycles. The lowest BCUT2D eigenvalue weighted by Crippen LogP contribution is -2.51. The number of aliphatic hydroxyl groups is 3. The Morgan fingerprint density at radius 2 is 1.51 bits per heavy atom. The zero-order valence-corrected chi connectivity index (χ0v) is 23.9. The summed E-state index contributed by atoms with van der Waals surface area (Å²) in [4.78, 5) is 0. The first-order chi connectivity index (χ1) is 16.4. The first-order valence-electron chi connectivity index (χ1n) is 13.3. The van der Waals surface area contributed by atoms with Crippen molar-refractivity contribution < 1.29 is 24.5 Å². The highest BCUT2D eigenvalue weighted by atomic mass is 28.4. The molecule has 0 aliphatic heterocycles. The van der Waals surface area contributed by atoms with Gasteiger partial charge in [-0.05, 0) is 43.5 Å². The molecular formula is C29H50O5Si. The number of hydrogen-bond acceptors (Lipinski definition) is 5. The minimum absolute atomic E-state index is 0.0304. The van der Waals surface area contributed by atoms with Crippen LogP contribution in [-0.2, 0) is 15.8 Å². The zero-order valence-electron chi connectivity index (χ0n) is 22.9. The van der Waals surface area contributed by atoms with E-state index < -0.39 is 26.6 Å². The fraction of sp³-hybridized carbons (Fsp3) is 0.724. The highest BCUT2D eigenvalue weighted by Crippen LogP contribution is 2.37. The molecule has 1 rings (SSSR count). The minimum Gasteiger partial charge on any atom is -0.409 e. The van der Waals surface area contributed by atoms with Crippen LogP contribution in [0.4, 0.5) is 0 Å². The van der Waals surface area contributed by atoms with Crippen LogP contribution in [0.2, 0.25) is 18.1 Å². The molecular weight excluding hydrogens is 456 g/mol. The second-order valence-electron chi connectivity index (χ2n) is 11.2. The molecule has 0 bridgehead atoms. The van der Waals surface area contributed by atoms with Crippen molar-refractivity contribution in [3.8, 4) is 11.8 Å². The SMILES string of the molecule is C[C@H](O)CCCCCCCCC#C[C@@H](O)[C@H](O)[C@@H](COCc1ccccc1)O[Si](C)(C)C(C)(C)C. The van der Waals surface area contributed by atoms with E-state index >= 15 is 0 Å². The maximum Gasteiger partial charge on any atom is 0.192 e. The molecule has 0 saturated carbocycles. The summed E-state index contributed by atoms with van der Waals surface area (Å²) in [6.45, 7) is 13.2. The van der Waals surface area contributed by atoms with Crippen LogP contribution >= 0.6 is 0 Å². The van der Waals surface area contributed by atoms with Crippen LogP contribution in [0.15, 0.2) is 30.3 Å². The normalized spacial score (nSPS) is 15.7. The molecule has 200 valence electrons. The van der Waals surface area contributed by atoms with Gasteiger partial charge in [-0.3, -0.25) is 0 Å². The summed E-state index contributed by atoms with van der Waals surface area (Å²) < 4.78 is 12.3. The van der Waals surface area contributed by atoms with Crippen LogP contribution in [-0.4, -0.2) is 54.7 Å². The van der Waals surface area contributed by atoms with Gasteiger partial charge in [-0.15, -0.1) is 5.92 Å². The maximum atomic E-state index is 10.9. The minimum atomic E-state index is -2.19. The first kappa shape index (κ1) is 31.8. The highest BCUT2D eigenvalue weighted by molar-refractivity contribution is 6.74. The smallest absolute Gasteiger partial charge is 0.192 e. The summed E-state index contributed by atoms with van der Waals surface area (Å²) in [5.41, 5.74) is 1.05. The number of aliphatic hydroxyl groups excluding tert-OH is 3. The Balaban J connectivity index is 2.55. The van der Waals surface area contributed by atoms with Crippen molar-refractivity contribution in [2.24, 2.45) is 0 Å². The van der Waals surface area contributed by atoms with Gasteiger partial charge in [0, 0.05) is 6.42 Å². The van der Waals surface area contributed by atoms with E-state index in [-0.39, 0.29) is 17.7 Å². The van der Waals surface area contributed by atoms with Gasteiger partial charge in [-0.25, -0.2) is 0 Å². The van der Waals surface area contributed by atoms with E-state index in [4.69, 9.17) is 9.16 Å². The third kappa shape index (κ3) is 13.6. The summed E-state index contributed by atoms with van der Waals surface area (Å²) in [6, 6.07) is 9.89. The monoisotopic (exact) mass is 506 g/mol. The highest BCUT2D eigenvalue weighted by Gasteiger charge is 2.41. The molecule has 0 aromatic heterocycles. The topological polar surface area (TPSA) is 79.2 Å². The second kappa shape index (κ2) is 16.5. The predicted molar refractivity (Wildman–Crippen MR) is 147 cm³/mol. The van der Waals surface area contributed by atoms with Gasteiger partial charge < -0.3 is 24.5 Å². The zero-order chi connectivity index (χ0) is 26.3. The lowest BCUT2D eigenvalue weighted by Gasteiger charge is -2.40. The molecule has 6 heteroatoms. The molecule has 5 nitrogen and oxygen atoms in total. The van der Waals surface area contributed by atoms with Gasteiger partial charge in [0.2, 0.25) is 0 Å². The molecule has 0 aliphatic rings. The van der Waals surface area contributed by atoms with Crippen LogP contribution < -0.4 is 0 Å². The van der Waals surface area contributed by atoms with Crippen molar-refractivity contribution in [3.63, 3.8) is 0 Å². The van der Waals surface area contributed by atoms with Gasteiger partial charge in [0.15, 0.2) is 8.32 Å². The Hall–Kier alpha value is -1.20. The van der Waals surface area contributed by atoms with E-state index in [2.05, 4.69) is 45.7 Å². The average Bonchev–Trinajstić information content (AvgIpc) is 2.78. The van der Waals surface area contributed by atoms with E-state index in [1.807, 2.05) is 37.3 Å². The van der Waals surface area contributed by atoms with Crippen LogP contribution in [0.5, 0.6) is 0 Å². The molecule has 1 aromatic rings. The van der Waals surface area contributed by atoms with E-state index in [0.29, 0.717) is 13.0 Å². The largest absolute Gasteiger partial charge is 0.409 e. The van der Waals surface area contributed by atoms with Crippen molar-refractivity contribution in [1.82, 2.24) is 0 Å². The molecule has 0 unspecified atom stereocenters. The average molecular weight is 507 g/mol. The lowest BCUT2D eigenvalue weighted by atomic mass is 10.1. The van der Waals surface area contributed by atoms with Crippen LogP contribution in [0.25, 0.3) is 0 Å². The number of ether oxygens (including phenoxy) is 1. The summed E-state index contributed by atoms with van der Waals surface area (Å²) in [7, 11) is -2.19.